The quantitative estimate of drug-likeness (QED) is 0.727. The Balaban J connectivity index is 2.14. The van der Waals surface area contributed by atoms with Gasteiger partial charge in [0.25, 0.3) is 5.91 Å². The van der Waals surface area contributed by atoms with Crippen LogP contribution in [0.4, 0.5) is 17.1 Å². The summed E-state index contributed by atoms with van der Waals surface area (Å²) in [4.78, 5) is 23.2. The van der Waals surface area contributed by atoms with Crippen LogP contribution in [0.1, 0.15) is 20.7 Å². The fourth-order valence-corrected chi connectivity index (χ4v) is 2.03. The Bertz CT molecular complexity index is 695. The third-order valence-corrected chi connectivity index (χ3v) is 2.99. The Kier molecular flexibility index (Phi) is 2.45. The number of benzene rings is 2. The molecule has 3 rings (SSSR count). The van der Waals surface area contributed by atoms with Gasteiger partial charge in [0.2, 0.25) is 5.91 Å². The van der Waals surface area contributed by atoms with Gasteiger partial charge in [-0.3, -0.25) is 9.59 Å². The van der Waals surface area contributed by atoms with Gasteiger partial charge in [0.05, 0.1) is 22.6 Å². The minimum absolute atomic E-state index is 0.186. The molecule has 1 heterocycles. The minimum atomic E-state index is -0.506. The number of nitrogens with two attached hydrogens (primary N) is 1. The highest BCUT2D eigenvalue weighted by Gasteiger charge is 2.18. The molecule has 0 aliphatic carbocycles. The molecule has 0 bridgehead atoms. The van der Waals surface area contributed by atoms with Crippen LogP contribution in [-0.2, 0) is 0 Å². The zero-order chi connectivity index (χ0) is 13.4. The molecule has 0 aromatic heterocycles. The van der Waals surface area contributed by atoms with E-state index in [2.05, 4.69) is 10.6 Å². The average molecular weight is 253 g/mol. The second kappa shape index (κ2) is 4.13. The van der Waals surface area contributed by atoms with Crippen molar-refractivity contribution in [1.82, 2.24) is 0 Å². The fourth-order valence-electron chi connectivity index (χ4n) is 2.03. The molecule has 2 amide bonds. The van der Waals surface area contributed by atoms with Gasteiger partial charge in [0.15, 0.2) is 0 Å². The molecule has 0 unspecified atom stereocenters. The number of amides is 2. The lowest BCUT2D eigenvalue weighted by Crippen LogP contribution is -2.12. The van der Waals surface area contributed by atoms with E-state index >= 15 is 0 Å². The maximum absolute atomic E-state index is 12.0. The van der Waals surface area contributed by atoms with Gasteiger partial charge in [0.1, 0.15) is 0 Å². The summed E-state index contributed by atoms with van der Waals surface area (Å²) in [7, 11) is 0. The molecular formula is C14H11N3O2. The number of carbonyl (C=O) groups is 2. The summed E-state index contributed by atoms with van der Waals surface area (Å²) in [5.74, 6) is -0.692. The van der Waals surface area contributed by atoms with Crippen LogP contribution in [-0.4, -0.2) is 11.8 Å². The zero-order valence-electron chi connectivity index (χ0n) is 9.94. The number of anilines is 3. The number of primary amides is 1. The molecule has 2 aromatic rings. The lowest BCUT2D eigenvalue weighted by Gasteiger charge is -2.09. The van der Waals surface area contributed by atoms with Crippen molar-refractivity contribution >= 4 is 28.9 Å². The van der Waals surface area contributed by atoms with Crippen molar-refractivity contribution in [2.45, 2.75) is 0 Å². The van der Waals surface area contributed by atoms with Crippen LogP contribution in [0.3, 0.4) is 0 Å². The molecule has 5 nitrogen and oxygen atoms in total. The molecule has 1 aliphatic heterocycles. The third kappa shape index (κ3) is 1.91. The monoisotopic (exact) mass is 253 g/mol. The first-order valence-electron chi connectivity index (χ1n) is 5.76. The zero-order valence-corrected chi connectivity index (χ0v) is 9.94. The van der Waals surface area contributed by atoms with E-state index < -0.39 is 5.91 Å². The lowest BCUT2D eigenvalue weighted by atomic mass is 10.1. The molecule has 2 aromatic carbocycles. The Labute approximate surface area is 109 Å². The molecule has 19 heavy (non-hydrogen) atoms. The van der Waals surface area contributed by atoms with E-state index in [-0.39, 0.29) is 5.91 Å². The first-order valence-corrected chi connectivity index (χ1v) is 5.76. The summed E-state index contributed by atoms with van der Waals surface area (Å²) in [6, 6.07) is 12.0. The van der Waals surface area contributed by atoms with Crippen molar-refractivity contribution in [3.8, 4) is 0 Å². The fraction of sp³-hybridized carbons (Fsp3) is 0. The topological polar surface area (TPSA) is 84.2 Å². The van der Waals surface area contributed by atoms with Crippen LogP contribution >= 0.6 is 0 Å². The van der Waals surface area contributed by atoms with Crippen LogP contribution < -0.4 is 16.4 Å². The van der Waals surface area contributed by atoms with Gasteiger partial charge in [-0.15, -0.1) is 0 Å². The number of hydrogen-bond donors (Lipinski definition) is 3. The lowest BCUT2D eigenvalue weighted by molar-refractivity contribution is 0.0998. The SMILES string of the molecule is NC(=O)c1ccc2c(c1)Nc1ccccc1C(=O)N2. The molecule has 0 fully saturated rings. The van der Waals surface area contributed by atoms with Crippen molar-refractivity contribution in [1.29, 1.82) is 0 Å². The average Bonchev–Trinajstić information content (AvgIpc) is 2.54. The maximum Gasteiger partial charge on any atom is 0.257 e. The van der Waals surface area contributed by atoms with E-state index in [4.69, 9.17) is 5.73 Å². The van der Waals surface area contributed by atoms with Crippen molar-refractivity contribution in [3.63, 3.8) is 0 Å². The summed E-state index contributed by atoms with van der Waals surface area (Å²) in [5, 5.41) is 5.93. The number of rotatable bonds is 1. The summed E-state index contributed by atoms with van der Waals surface area (Å²) in [6.45, 7) is 0. The van der Waals surface area contributed by atoms with Gasteiger partial charge >= 0.3 is 0 Å². The van der Waals surface area contributed by atoms with Crippen molar-refractivity contribution < 1.29 is 9.59 Å². The smallest absolute Gasteiger partial charge is 0.257 e. The van der Waals surface area contributed by atoms with Gasteiger partial charge in [-0.2, -0.15) is 0 Å². The predicted octanol–water partition coefficient (Wildman–Crippen LogP) is 2.09. The highest BCUT2D eigenvalue weighted by Crippen LogP contribution is 2.32. The number of para-hydroxylation sites is 1. The van der Waals surface area contributed by atoms with E-state index in [9.17, 15) is 9.59 Å². The van der Waals surface area contributed by atoms with Crippen molar-refractivity contribution in [3.05, 3.63) is 53.6 Å². The van der Waals surface area contributed by atoms with Gasteiger partial charge in [-0.25, -0.2) is 0 Å². The first-order chi connectivity index (χ1) is 9.15. The molecule has 0 saturated carbocycles. The normalized spacial score (nSPS) is 12.5. The summed E-state index contributed by atoms with van der Waals surface area (Å²) in [5.41, 5.74) is 8.16. The number of nitrogens with one attached hydrogen (secondary N) is 2. The van der Waals surface area contributed by atoms with Crippen LogP contribution in [0.25, 0.3) is 0 Å². The standard InChI is InChI=1S/C14H11N3O2/c15-13(18)8-5-6-11-12(7-8)16-10-4-2-1-3-9(10)14(19)17-11/h1-7,16H,(H2,15,18)(H,17,19). The maximum atomic E-state index is 12.0. The largest absolute Gasteiger partial charge is 0.366 e. The molecule has 0 spiro atoms. The number of fused-ring (bicyclic) bond motifs is 2. The summed E-state index contributed by atoms with van der Waals surface area (Å²) < 4.78 is 0. The Morgan fingerprint density at radius 1 is 0.947 bits per heavy atom. The summed E-state index contributed by atoms with van der Waals surface area (Å²) in [6.07, 6.45) is 0. The van der Waals surface area contributed by atoms with Gasteiger partial charge < -0.3 is 16.4 Å². The second-order valence-electron chi connectivity index (χ2n) is 4.25. The van der Waals surface area contributed by atoms with E-state index in [1.165, 1.54) is 0 Å². The third-order valence-electron chi connectivity index (χ3n) is 2.99. The van der Waals surface area contributed by atoms with Crippen molar-refractivity contribution in [2.75, 3.05) is 10.6 Å². The first kappa shape index (κ1) is 11.3. The molecule has 5 heteroatoms. The highest BCUT2D eigenvalue weighted by atomic mass is 16.2. The van der Waals surface area contributed by atoms with Crippen molar-refractivity contribution in [2.24, 2.45) is 5.73 Å². The molecule has 0 saturated heterocycles. The Morgan fingerprint density at radius 2 is 1.74 bits per heavy atom. The minimum Gasteiger partial charge on any atom is -0.366 e. The van der Waals surface area contributed by atoms with E-state index in [1.807, 2.05) is 6.07 Å². The molecule has 4 N–H and O–H groups in total. The second-order valence-corrected chi connectivity index (χ2v) is 4.25. The molecule has 0 atom stereocenters. The van der Waals surface area contributed by atoms with Crippen LogP contribution in [0.2, 0.25) is 0 Å². The summed E-state index contributed by atoms with van der Waals surface area (Å²) >= 11 is 0. The van der Waals surface area contributed by atoms with Crippen LogP contribution in [0.5, 0.6) is 0 Å². The van der Waals surface area contributed by atoms with Gasteiger partial charge in [0, 0.05) is 5.56 Å². The Morgan fingerprint density at radius 3 is 2.53 bits per heavy atom. The molecule has 94 valence electrons. The van der Waals surface area contributed by atoms with Crippen LogP contribution in [0, 0.1) is 0 Å². The predicted molar refractivity (Wildman–Crippen MR) is 72.6 cm³/mol. The van der Waals surface area contributed by atoms with Crippen LogP contribution in [0.15, 0.2) is 42.5 Å². The number of carbonyl (C=O) groups excluding carboxylic acids is 2. The van der Waals surface area contributed by atoms with Gasteiger partial charge in [-0.1, -0.05) is 12.1 Å². The Hall–Kier alpha value is -2.82. The van der Waals surface area contributed by atoms with Gasteiger partial charge in [-0.05, 0) is 30.3 Å². The molecule has 0 radical (unpaired) electrons. The number of hydrogen-bond acceptors (Lipinski definition) is 3. The molecular weight excluding hydrogens is 242 g/mol. The molecule has 1 aliphatic rings. The highest BCUT2D eigenvalue weighted by molar-refractivity contribution is 6.12. The van der Waals surface area contributed by atoms with E-state index in [0.29, 0.717) is 28.2 Å². The van der Waals surface area contributed by atoms with E-state index in [1.54, 1.807) is 36.4 Å². The van der Waals surface area contributed by atoms with E-state index in [0.717, 1.165) is 0 Å².